The number of imidazole rings is 1. The minimum atomic E-state index is -0.174. The van der Waals surface area contributed by atoms with Gasteiger partial charge in [-0.25, -0.2) is 9.37 Å². The Hall–Kier alpha value is 0.340. The molecule has 0 radical (unpaired) electrons. The number of benzene rings is 1. The van der Waals surface area contributed by atoms with Crippen molar-refractivity contribution >= 4 is 68.7 Å². The van der Waals surface area contributed by atoms with Crippen molar-refractivity contribution in [2.75, 3.05) is 23.1 Å². The van der Waals surface area contributed by atoms with Crippen LogP contribution in [-0.4, -0.2) is 37.9 Å². The molecular formula is C14H15ClFIN2S2. The van der Waals surface area contributed by atoms with Gasteiger partial charge in [0, 0.05) is 47.4 Å². The van der Waals surface area contributed by atoms with Gasteiger partial charge in [-0.05, 0) is 28.7 Å². The molecule has 114 valence electrons. The van der Waals surface area contributed by atoms with E-state index in [1.54, 1.807) is 6.07 Å². The Morgan fingerprint density at radius 2 is 2.29 bits per heavy atom. The maximum Gasteiger partial charge on any atom is 0.138 e. The maximum absolute atomic E-state index is 13.9. The second-order valence-electron chi connectivity index (χ2n) is 4.90. The normalized spacial score (nSPS) is 19.3. The predicted molar refractivity (Wildman–Crippen MR) is 100 cm³/mol. The van der Waals surface area contributed by atoms with Gasteiger partial charge in [0.2, 0.25) is 0 Å². The van der Waals surface area contributed by atoms with E-state index in [4.69, 9.17) is 11.6 Å². The number of nitrogens with zero attached hydrogens (tertiary/aromatic N) is 2. The molecule has 3 rings (SSSR count). The Labute approximate surface area is 150 Å². The van der Waals surface area contributed by atoms with E-state index < -0.39 is 0 Å². The fourth-order valence-corrected chi connectivity index (χ4v) is 5.77. The molecule has 2 aromatic rings. The molecule has 1 unspecified atom stereocenters. The summed E-state index contributed by atoms with van der Waals surface area (Å²) in [6.07, 6.45) is 0.721. The van der Waals surface area contributed by atoms with Crippen molar-refractivity contribution in [2.45, 2.75) is 18.2 Å². The lowest BCUT2D eigenvalue weighted by Crippen LogP contribution is -2.21. The van der Waals surface area contributed by atoms with Gasteiger partial charge in [0.25, 0.3) is 0 Å². The molecule has 0 aliphatic carbocycles. The second-order valence-corrected chi connectivity index (χ2v) is 9.00. The highest BCUT2D eigenvalue weighted by Crippen LogP contribution is 2.28. The van der Waals surface area contributed by atoms with Gasteiger partial charge >= 0.3 is 0 Å². The van der Waals surface area contributed by atoms with Gasteiger partial charge in [0.1, 0.15) is 11.6 Å². The Kier molecular flexibility index (Phi) is 5.61. The Bertz CT molecular complexity index is 643. The molecule has 1 saturated heterocycles. The Morgan fingerprint density at radius 1 is 1.43 bits per heavy atom. The maximum atomic E-state index is 13.9. The Balaban J connectivity index is 2.00. The van der Waals surface area contributed by atoms with Crippen LogP contribution in [-0.2, 0) is 13.0 Å². The van der Waals surface area contributed by atoms with Gasteiger partial charge in [0.15, 0.2) is 0 Å². The summed E-state index contributed by atoms with van der Waals surface area (Å²) in [7, 11) is 0. The molecule has 0 saturated carbocycles. The lowest BCUT2D eigenvalue weighted by Gasteiger charge is -2.22. The van der Waals surface area contributed by atoms with Gasteiger partial charge in [-0.3, -0.25) is 0 Å². The molecule has 21 heavy (non-hydrogen) atoms. The van der Waals surface area contributed by atoms with E-state index in [9.17, 15) is 4.39 Å². The fourth-order valence-electron chi connectivity index (χ4n) is 2.49. The number of hydrogen-bond acceptors (Lipinski definition) is 3. The molecule has 1 aromatic carbocycles. The smallest absolute Gasteiger partial charge is 0.138 e. The van der Waals surface area contributed by atoms with Crippen LogP contribution >= 0.6 is 57.7 Å². The van der Waals surface area contributed by atoms with Crippen LogP contribution in [0.1, 0.15) is 5.82 Å². The van der Waals surface area contributed by atoms with Crippen molar-refractivity contribution in [3.05, 3.63) is 27.3 Å². The number of aryl methyl sites for hydroxylation is 1. The quantitative estimate of drug-likeness (QED) is 0.501. The highest BCUT2D eigenvalue weighted by atomic mass is 127. The molecule has 0 bridgehead atoms. The van der Waals surface area contributed by atoms with E-state index >= 15 is 0 Å². The average Bonchev–Trinajstić information content (AvgIpc) is 2.79. The molecule has 1 atom stereocenters. The van der Waals surface area contributed by atoms with Gasteiger partial charge < -0.3 is 4.57 Å². The summed E-state index contributed by atoms with van der Waals surface area (Å²) in [5.41, 5.74) is 1.76. The third kappa shape index (κ3) is 3.64. The summed E-state index contributed by atoms with van der Waals surface area (Å²) in [5.74, 6) is 4.91. The molecule has 0 amide bonds. The van der Waals surface area contributed by atoms with Crippen LogP contribution in [0.5, 0.6) is 0 Å². The van der Waals surface area contributed by atoms with Crippen molar-refractivity contribution in [3.8, 4) is 0 Å². The summed E-state index contributed by atoms with van der Waals surface area (Å²) < 4.78 is 16.7. The third-order valence-corrected chi connectivity index (χ3v) is 7.30. The Morgan fingerprint density at radius 3 is 3.00 bits per heavy atom. The monoisotopic (exact) mass is 456 g/mol. The van der Waals surface area contributed by atoms with E-state index in [2.05, 4.69) is 9.55 Å². The first kappa shape index (κ1) is 16.2. The van der Waals surface area contributed by atoms with Gasteiger partial charge in [-0.1, -0.05) is 0 Å². The van der Waals surface area contributed by atoms with E-state index in [1.165, 1.54) is 11.5 Å². The van der Waals surface area contributed by atoms with Crippen LogP contribution in [0, 0.1) is 9.39 Å². The number of aromatic nitrogens is 2. The second kappa shape index (κ2) is 7.27. The summed E-state index contributed by atoms with van der Waals surface area (Å²) in [6, 6.07) is 3.44. The summed E-state index contributed by atoms with van der Waals surface area (Å²) in [6.45, 7) is 0.889. The van der Waals surface area contributed by atoms with Crippen molar-refractivity contribution in [1.29, 1.82) is 0 Å². The van der Waals surface area contributed by atoms with Gasteiger partial charge in [0.05, 0.1) is 14.6 Å². The first-order chi connectivity index (χ1) is 10.2. The molecular weight excluding hydrogens is 442 g/mol. The largest absolute Gasteiger partial charge is 0.327 e. The number of rotatable bonds is 4. The zero-order valence-corrected chi connectivity index (χ0v) is 15.9. The average molecular weight is 457 g/mol. The minimum Gasteiger partial charge on any atom is -0.327 e. The molecule has 1 aliphatic heterocycles. The van der Waals surface area contributed by atoms with Crippen LogP contribution in [0.25, 0.3) is 11.0 Å². The zero-order valence-electron chi connectivity index (χ0n) is 11.3. The number of halogens is 3. The number of thioether (sulfide) groups is 2. The number of hydrogen-bond donors (Lipinski definition) is 0. The first-order valence-corrected chi connectivity index (χ1v) is 10.6. The van der Waals surface area contributed by atoms with Crippen molar-refractivity contribution < 1.29 is 4.39 Å². The van der Waals surface area contributed by atoms with Crippen molar-refractivity contribution in [1.82, 2.24) is 9.55 Å². The van der Waals surface area contributed by atoms with Crippen LogP contribution in [0.4, 0.5) is 4.39 Å². The zero-order chi connectivity index (χ0) is 14.8. The number of alkyl halides is 1. The van der Waals surface area contributed by atoms with E-state index in [0.717, 1.165) is 35.6 Å². The topological polar surface area (TPSA) is 17.8 Å². The highest BCUT2D eigenvalue weighted by Gasteiger charge is 2.19. The number of fused-ring (bicyclic) bond motifs is 1. The van der Waals surface area contributed by atoms with E-state index in [0.29, 0.717) is 14.7 Å². The molecule has 2 heterocycles. The third-order valence-electron chi connectivity index (χ3n) is 3.46. The lowest BCUT2D eigenvalue weighted by atomic mass is 10.3. The standard InChI is InChI=1S/C14H15ClFIN2S2/c15-2-1-14-18-12-6-11(17)10(16)5-13(12)19(14)7-9-8-20-3-4-21-9/h5-6,9H,1-4,7-8H2. The van der Waals surface area contributed by atoms with Crippen molar-refractivity contribution in [3.63, 3.8) is 0 Å². The van der Waals surface area contributed by atoms with Crippen LogP contribution < -0.4 is 0 Å². The van der Waals surface area contributed by atoms with E-state index in [1.807, 2.05) is 52.2 Å². The molecule has 0 spiro atoms. The van der Waals surface area contributed by atoms with E-state index in [-0.39, 0.29) is 5.82 Å². The van der Waals surface area contributed by atoms with Crippen LogP contribution in [0.3, 0.4) is 0 Å². The fraction of sp³-hybridized carbons (Fsp3) is 0.500. The molecule has 0 N–H and O–H groups in total. The highest BCUT2D eigenvalue weighted by molar-refractivity contribution is 14.1. The van der Waals surface area contributed by atoms with Crippen LogP contribution in [0.2, 0.25) is 0 Å². The SMILES string of the molecule is Fc1cc2c(cc1I)nc(CCCl)n2CC1CSCCS1. The summed E-state index contributed by atoms with van der Waals surface area (Å²) in [4.78, 5) is 4.66. The molecule has 1 aliphatic rings. The molecule has 1 fully saturated rings. The molecule has 1 aromatic heterocycles. The summed E-state index contributed by atoms with van der Waals surface area (Å²) >= 11 is 11.9. The van der Waals surface area contributed by atoms with Crippen molar-refractivity contribution in [2.24, 2.45) is 0 Å². The first-order valence-electron chi connectivity index (χ1n) is 6.78. The van der Waals surface area contributed by atoms with Gasteiger partial charge in [-0.15, -0.1) is 11.6 Å². The summed E-state index contributed by atoms with van der Waals surface area (Å²) in [5, 5.41) is 0.567. The lowest BCUT2D eigenvalue weighted by molar-refractivity contribution is 0.619. The molecule has 2 nitrogen and oxygen atoms in total. The van der Waals surface area contributed by atoms with Crippen LogP contribution in [0.15, 0.2) is 12.1 Å². The predicted octanol–water partition coefficient (Wildman–Crippen LogP) is 4.41. The minimum absolute atomic E-state index is 0.174. The molecule has 7 heteroatoms. The van der Waals surface area contributed by atoms with Gasteiger partial charge in [-0.2, -0.15) is 23.5 Å².